The van der Waals surface area contributed by atoms with E-state index in [2.05, 4.69) is 63.2 Å². The highest BCUT2D eigenvalue weighted by Gasteiger charge is 2.15. The zero-order valence-electron chi connectivity index (χ0n) is 16.5. The third-order valence-electron chi connectivity index (χ3n) is 5.64. The van der Waals surface area contributed by atoms with E-state index in [0.29, 0.717) is 0 Å². The number of benzene rings is 1. The van der Waals surface area contributed by atoms with Crippen LogP contribution in [-0.4, -0.2) is 53.1 Å². The number of piperazine rings is 1. The molecule has 0 saturated carbocycles. The highest BCUT2D eigenvalue weighted by molar-refractivity contribution is 5.96. The van der Waals surface area contributed by atoms with Gasteiger partial charge in [0.2, 0.25) is 0 Å². The predicted octanol–water partition coefficient (Wildman–Crippen LogP) is 4.11. The summed E-state index contributed by atoms with van der Waals surface area (Å²) in [7, 11) is 2.17. The number of fused-ring (bicyclic) bond motifs is 1. The second-order valence-corrected chi connectivity index (χ2v) is 7.52. The Morgan fingerprint density at radius 2 is 1.52 bits per heavy atom. The van der Waals surface area contributed by atoms with Crippen LogP contribution >= 0.6 is 0 Å². The fourth-order valence-electron chi connectivity index (χ4n) is 3.89. The Kier molecular flexibility index (Phi) is 4.66. The molecule has 5 rings (SSSR count). The van der Waals surface area contributed by atoms with Crippen molar-refractivity contribution in [1.82, 2.24) is 19.9 Å². The van der Waals surface area contributed by atoms with Gasteiger partial charge in [-0.1, -0.05) is 6.07 Å². The Labute approximate surface area is 170 Å². The van der Waals surface area contributed by atoms with Gasteiger partial charge in [0.15, 0.2) is 0 Å². The minimum Gasteiger partial charge on any atom is -0.354 e. The molecule has 0 unspecified atom stereocenters. The molecule has 0 aliphatic carbocycles. The van der Waals surface area contributed by atoms with Crippen LogP contribution in [0.15, 0.2) is 73.3 Å². The summed E-state index contributed by atoms with van der Waals surface area (Å²) < 4.78 is 0. The second-order valence-electron chi connectivity index (χ2n) is 7.52. The van der Waals surface area contributed by atoms with Gasteiger partial charge in [0, 0.05) is 61.9 Å². The minimum atomic E-state index is 0.991. The quantitative estimate of drug-likeness (QED) is 0.534. The lowest BCUT2D eigenvalue weighted by Crippen LogP contribution is -2.44. The zero-order chi connectivity index (χ0) is 19.6. The van der Waals surface area contributed by atoms with Crippen molar-refractivity contribution in [3.63, 3.8) is 0 Å². The standard InChI is InChI=1S/C24H23N5/c1-28-12-14-29(15-13-28)24-5-3-20(17-27-24)19-2-4-23-22(16-19)21(8-11-26-23)18-6-9-25-10-7-18/h2-11,16-17H,12-15H2,1H3. The molecule has 0 N–H and O–H groups in total. The lowest BCUT2D eigenvalue weighted by atomic mass is 9.98. The van der Waals surface area contributed by atoms with Gasteiger partial charge in [-0.3, -0.25) is 9.97 Å². The van der Waals surface area contributed by atoms with Gasteiger partial charge in [0.1, 0.15) is 5.82 Å². The van der Waals surface area contributed by atoms with Gasteiger partial charge in [-0.2, -0.15) is 0 Å². The Balaban J connectivity index is 1.49. The first-order valence-electron chi connectivity index (χ1n) is 9.97. The van der Waals surface area contributed by atoms with E-state index < -0.39 is 0 Å². The van der Waals surface area contributed by atoms with Crippen LogP contribution in [0.3, 0.4) is 0 Å². The molecule has 0 spiro atoms. The first-order valence-corrected chi connectivity index (χ1v) is 9.97. The van der Waals surface area contributed by atoms with Crippen molar-refractivity contribution < 1.29 is 0 Å². The summed E-state index contributed by atoms with van der Waals surface area (Å²) in [6, 6.07) is 16.9. The van der Waals surface area contributed by atoms with Gasteiger partial charge in [-0.25, -0.2) is 4.98 Å². The maximum Gasteiger partial charge on any atom is 0.128 e. The van der Waals surface area contributed by atoms with E-state index in [1.165, 1.54) is 5.56 Å². The van der Waals surface area contributed by atoms with Crippen LogP contribution < -0.4 is 4.90 Å². The van der Waals surface area contributed by atoms with E-state index in [1.807, 2.05) is 36.9 Å². The molecule has 3 aromatic heterocycles. The van der Waals surface area contributed by atoms with E-state index in [-0.39, 0.29) is 0 Å². The Bertz CT molecular complexity index is 1120. The highest BCUT2D eigenvalue weighted by atomic mass is 15.3. The van der Waals surface area contributed by atoms with E-state index >= 15 is 0 Å². The van der Waals surface area contributed by atoms with Crippen LogP contribution in [0.25, 0.3) is 33.2 Å². The molecule has 0 radical (unpaired) electrons. The second kappa shape index (κ2) is 7.60. The highest BCUT2D eigenvalue weighted by Crippen LogP contribution is 2.31. The molecule has 4 aromatic rings. The van der Waals surface area contributed by atoms with E-state index in [9.17, 15) is 0 Å². The van der Waals surface area contributed by atoms with Crippen molar-refractivity contribution >= 4 is 16.7 Å². The first kappa shape index (κ1) is 17.8. The lowest BCUT2D eigenvalue weighted by Gasteiger charge is -2.33. The molecule has 1 saturated heterocycles. The number of anilines is 1. The smallest absolute Gasteiger partial charge is 0.128 e. The van der Waals surface area contributed by atoms with Crippen molar-refractivity contribution in [3.05, 3.63) is 73.3 Å². The van der Waals surface area contributed by atoms with Crippen LogP contribution in [0.5, 0.6) is 0 Å². The van der Waals surface area contributed by atoms with Crippen molar-refractivity contribution in [2.24, 2.45) is 0 Å². The summed E-state index contributed by atoms with van der Waals surface area (Å²) in [4.78, 5) is 18.1. The fourth-order valence-corrected chi connectivity index (χ4v) is 3.89. The number of hydrogen-bond acceptors (Lipinski definition) is 5. The summed E-state index contributed by atoms with van der Waals surface area (Å²) in [5, 5.41) is 1.14. The largest absolute Gasteiger partial charge is 0.354 e. The number of likely N-dealkylation sites (N-methyl/N-ethyl adjacent to an activating group) is 1. The molecule has 5 nitrogen and oxygen atoms in total. The van der Waals surface area contributed by atoms with Crippen molar-refractivity contribution in [1.29, 1.82) is 0 Å². The van der Waals surface area contributed by atoms with Gasteiger partial charge in [0.05, 0.1) is 5.52 Å². The van der Waals surface area contributed by atoms with Crippen LogP contribution in [0, 0.1) is 0 Å². The van der Waals surface area contributed by atoms with Gasteiger partial charge in [-0.05, 0) is 66.2 Å². The number of aromatic nitrogens is 3. The molecule has 1 aliphatic rings. The number of nitrogens with zero attached hydrogens (tertiary/aromatic N) is 5. The molecule has 5 heteroatoms. The van der Waals surface area contributed by atoms with Crippen molar-refractivity contribution in [3.8, 4) is 22.3 Å². The molecular weight excluding hydrogens is 358 g/mol. The minimum absolute atomic E-state index is 0.991. The Morgan fingerprint density at radius 1 is 0.724 bits per heavy atom. The maximum atomic E-state index is 4.75. The van der Waals surface area contributed by atoms with Crippen molar-refractivity contribution in [2.45, 2.75) is 0 Å². The monoisotopic (exact) mass is 381 g/mol. The number of hydrogen-bond donors (Lipinski definition) is 0. The van der Waals surface area contributed by atoms with E-state index in [1.54, 1.807) is 0 Å². The average molecular weight is 381 g/mol. The summed E-state index contributed by atoms with van der Waals surface area (Å²) in [5.74, 6) is 1.06. The van der Waals surface area contributed by atoms with Crippen LogP contribution in [0.4, 0.5) is 5.82 Å². The zero-order valence-corrected chi connectivity index (χ0v) is 16.5. The van der Waals surface area contributed by atoms with E-state index in [0.717, 1.165) is 59.6 Å². The summed E-state index contributed by atoms with van der Waals surface area (Å²) >= 11 is 0. The summed E-state index contributed by atoms with van der Waals surface area (Å²) in [5.41, 5.74) is 5.58. The molecule has 1 fully saturated rings. The van der Waals surface area contributed by atoms with E-state index in [4.69, 9.17) is 4.98 Å². The summed E-state index contributed by atoms with van der Waals surface area (Å²) in [6.07, 6.45) is 7.50. The van der Waals surface area contributed by atoms with Crippen molar-refractivity contribution in [2.75, 3.05) is 38.1 Å². The number of rotatable bonds is 3. The molecule has 144 valence electrons. The molecule has 1 aliphatic heterocycles. The lowest BCUT2D eigenvalue weighted by molar-refractivity contribution is 0.312. The molecule has 0 bridgehead atoms. The van der Waals surface area contributed by atoms with Gasteiger partial charge >= 0.3 is 0 Å². The first-order chi connectivity index (χ1) is 14.3. The normalized spacial score (nSPS) is 15.0. The molecule has 4 heterocycles. The molecular formula is C24H23N5. The fraction of sp³-hybridized carbons (Fsp3) is 0.208. The van der Waals surface area contributed by atoms with Crippen LogP contribution in [0.2, 0.25) is 0 Å². The van der Waals surface area contributed by atoms with Gasteiger partial charge in [0.25, 0.3) is 0 Å². The van der Waals surface area contributed by atoms with Crippen LogP contribution in [-0.2, 0) is 0 Å². The summed E-state index contributed by atoms with van der Waals surface area (Å²) in [6.45, 7) is 4.22. The SMILES string of the molecule is CN1CCN(c2ccc(-c3ccc4nccc(-c5ccncc5)c4c3)cn2)CC1. The van der Waals surface area contributed by atoms with Crippen LogP contribution in [0.1, 0.15) is 0 Å². The average Bonchev–Trinajstić information content (AvgIpc) is 2.79. The predicted molar refractivity (Wildman–Crippen MR) is 118 cm³/mol. The topological polar surface area (TPSA) is 45.2 Å². The molecule has 1 aromatic carbocycles. The third-order valence-corrected chi connectivity index (χ3v) is 5.64. The maximum absolute atomic E-state index is 4.75. The molecule has 0 atom stereocenters. The number of pyridine rings is 3. The van der Waals surface area contributed by atoms with Gasteiger partial charge < -0.3 is 9.80 Å². The Hall–Kier alpha value is -3.31. The third kappa shape index (κ3) is 3.57. The molecule has 29 heavy (non-hydrogen) atoms. The Morgan fingerprint density at radius 3 is 2.28 bits per heavy atom. The molecule has 0 amide bonds. The van der Waals surface area contributed by atoms with Gasteiger partial charge in [-0.15, -0.1) is 0 Å².